The highest BCUT2D eigenvalue weighted by Gasteiger charge is 2.18. The van der Waals surface area contributed by atoms with Crippen LogP contribution in [0.2, 0.25) is 0 Å². The smallest absolute Gasteiger partial charge is 0.171 e. The SMILES string of the molecule is CCc1cc(OCC=C(Br)Br)c(F)c(CC)c1OCCCCON=C(C)C. The van der Waals surface area contributed by atoms with Gasteiger partial charge in [0, 0.05) is 5.56 Å². The Hall–Kier alpha value is -1.08. The molecule has 7 heteroatoms. The van der Waals surface area contributed by atoms with E-state index in [2.05, 4.69) is 37.0 Å². The lowest BCUT2D eigenvalue weighted by molar-refractivity contribution is 0.135. The van der Waals surface area contributed by atoms with E-state index < -0.39 is 0 Å². The van der Waals surface area contributed by atoms with E-state index in [4.69, 9.17) is 14.3 Å². The van der Waals surface area contributed by atoms with Gasteiger partial charge in [0.2, 0.25) is 0 Å². The molecule has 0 aliphatic carbocycles. The van der Waals surface area contributed by atoms with Gasteiger partial charge in [-0.2, -0.15) is 0 Å². The van der Waals surface area contributed by atoms with Crippen LogP contribution >= 0.6 is 31.9 Å². The molecule has 0 aliphatic rings. The van der Waals surface area contributed by atoms with Gasteiger partial charge in [0.05, 0.1) is 15.7 Å². The molecular formula is C20H28Br2FNO3. The maximum Gasteiger partial charge on any atom is 0.171 e. The van der Waals surface area contributed by atoms with Crippen molar-refractivity contribution < 1.29 is 18.7 Å². The number of hydrogen-bond donors (Lipinski definition) is 0. The van der Waals surface area contributed by atoms with E-state index in [1.165, 1.54) is 0 Å². The van der Waals surface area contributed by atoms with Crippen LogP contribution in [-0.2, 0) is 17.7 Å². The van der Waals surface area contributed by atoms with E-state index in [9.17, 15) is 4.39 Å². The standard InChI is InChI=1S/C20H28Br2FNO3/c1-5-15-13-17(25-12-9-18(21)22)19(23)16(6-2)20(15)26-10-7-8-11-27-24-14(3)4/h9,13H,5-8,10-12H2,1-4H3. The van der Waals surface area contributed by atoms with Gasteiger partial charge < -0.3 is 14.3 Å². The molecule has 1 aromatic rings. The third-order valence-electron chi connectivity index (χ3n) is 3.69. The molecule has 0 saturated carbocycles. The van der Waals surface area contributed by atoms with Crippen molar-refractivity contribution in [2.24, 2.45) is 5.16 Å². The van der Waals surface area contributed by atoms with Crippen LogP contribution in [0.3, 0.4) is 0 Å². The molecule has 0 heterocycles. The molecule has 1 aromatic carbocycles. The number of hydrogen-bond acceptors (Lipinski definition) is 4. The summed E-state index contributed by atoms with van der Waals surface area (Å²) in [4.78, 5) is 5.17. The number of ether oxygens (including phenoxy) is 2. The largest absolute Gasteiger partial charge is 0.493 e. The second-order valence-electron chi connectivity index (χ2n) is 6.09. The maximum absolute atomic E-state index is 14.8. The molecule has 0 spiro atoms. The van der Waals surface area contributed by atoms with Gasteiger partial charge in [-0.15, -0.1) is 0 Å². The van der Waals surface area contributed by atoms with Crippen LogP contribution < -0.4 is 9.47 Å². The maximum atomic E-state index is 14.8. The average molecular weight is 509 g/mol. The minimum Gasteiger partial charge on any atom is -0.493 e. The average Bonchev–Trinajstić information content (AvgIpc) is 2.62. The van der Waals surface area contributed by atoms with Gasteiger partial charge in [0.25, 0.3) is 0 Å². The number of rotatable bonds is 12. The van der Waals surface area contributed by atoms with Gasteiger partial charge in [0.15, 0.2) is 11.6 Å². The highest BCUT2D eigenvalue weighted by atomic mass is 79.9. The fourth-order valence-electron chi connectivity index (χ4n) is 2.40. The summed E-state index contributed by atoms with van der Waals surface area (Å²) in [5, 5.41) is 3.89. The summed E-state index contributed by atoms with van der Waals surface area (Å²) in [7, 11) is 0. The lowest BCUT2D eigenvalue weighted by Crippen LogP contribution is -2.08. The molecule has 0 amide bonds. The van der Waals surface area contributed by atoms with Crippen molar-refractivity contribution in [2.45, 2.75) is 53.4 Å². The number of halogens is 3. The molecule has 0 aliphatic heterocycles. The van der Waals surface area contributed by atoms with E-state index in [-0.39, 0.29) is 18.2 Å². The van der Waals surface area contributed by atoms with Crippen LogP contribution in [-0.4, -0.2) is 25.5 Å². The van der Waals surface area contributed by atoms with Gasteiger partial charge in [-0.25, -0.2) is 4.39 Å². The van der Waals surface area contributed by atoms with E-state index in [1.54, 1.807) is 12.1 Å². The first kappa shape index (κ1) is 24.0. The molecule has 0 radical (unpaired) electrons. The third-order valence-corrected chi connectivity index (χ3v) is 4.33. The Labute approximate surface area is 178 Å². The Kier molecular flexibility index (Phi) is 11.7. The zero-order valence-electron chi connectivity index (χ0n) is 16.4. The lowest BCUT2D eigenvalue weighted by atomic mass is 10.0. The molecule has 0 N–H and O–H groups in total. The van der Waals surface area contributed by atoms with Crippen LogP contribution in [0.15, 0.2) is 20.7 Å². The fourth-order valence-corrected chi connectivity index (χ4v) is 2.67. The minimum absolute atomic E-state index is 0.259. The summed E-state index contributed by atoms with van der Waals surface area (Å²) < 4.78 is 27.1. The van der Waals surface area contributed by atoms with Crippen molar-refractivity contribution in [3.63, 3.8) is 0 Å². The molecule has 0 saturated heterocycles. The number of nitrogens with zero attached hydrogens (tertiary/aromatic N) is 1. The number of oxime groups is 1. The Bertz CT molecular complexity index is 655. The molecule has 0 fully saturated rings. The molecule has 0 bridgehead atoms. The predicted octanol–water partition coefficient (Wildman–Crippen LogP) is 6.53. The van der Waals surface area contributed by atoms with Crippen LogP contribution in [0.1, 0.15) is 51.7 Å². The van der Waals surface area contributed by atoms with E-state index >= 15 is 0 Å². The second kappa shape index (κ2) is 13.2. The highest BCUT2D eigenvalue weighted by Crippen LogP contribution is 2.34. The Balaban J connectivity index is 2.76. The van der Waals surface area contributed by atoms with Gasteiger partial charge in [0.1, 0.15) is 19.0 Å². The number of aryl methyl sites for hydroxylation is 1. The van der Waals surface area contributed by atoms with Crippen molar-refractivity contribution in [3.8, 4) is 11.5 Å². The van der Waals surface area contributed by atoms with Crippen LogP contribution in [0.25, 0.3) is 0 Å². The molecule has 152 valence electrons. The second-order valence-corrected chi connectivity index (χ2v) is 8.87. The van der Waals surface area contributed by atoms with Crippen LogP contribution in [0.4, 0.5) is 4.39 Å². The van der Waals surface area contributed by atoms with Gasteiger partial charge in [-0.05, 0) is 89.1 Å². The molecule has 4 nitrogen and oxygen atoms in total. The summed E-state index contributed by atoms with van der Waals surface area (Å²) in [5.41, 5.74) is 2.41. The highest BCUT2D eigenvalue weighted by molar-refractivity contribution is 9.28. The quantitative estimate of drug-likeness (QED) is 0.183. The van der Waals surface area contributed by atoms with Crippen molar-refractivity contribution >= 4 is 37.6 Å². The topological polar surface area (TPSA) is 40.0 Å². The molecule has 0 aromatic heterocycles. The first-order valence-corrected chi connectivity index (χ1v) is 10.7. The molecule has 1 rings (SSSR count). The van der Waals surface area contributed by atoms with Gasteiger partial charge >= 0.3 is 0 Å². The summed E-state index contributed by atoms with van der Waals surface area (Å²) >= 11 is 6.52. The van der Waals surface area contributed by atoms with Crippen molar-refractivity contribution in [1.82, 2.24) is 0 Å². The van der Waals surface area contributed by atoms with E-state index in [1.807, 2.05) is 27.7 Å². The lowest BCUT2D eigenvalue weighted by Gasteiger charge is -2.18. The summed E-state index contributed by atoms with van der Waals surface area (Å²) in [6.45, 7) is 9.05. The Morgan fingerprint density at radius 2 is 1.81 bits per heavy atom. The normalized spacial score (nSPS) is 10.3. The Morgan fingerprint density at radius 1 is 1.11 bits per heavy atom. The van der Waals surface area contributed by atoms with Crippen LogP contribution in [0.5, 0.6) is 11.5 Å². The zero-order chi connectivity index (χ0) is 20.2. The van der Waals surface area contributed by atoms with Crippen molar-refractivity contribution in [2.75, 3.05) is 19.8 Å². The van der Waals surface area contributed by atoms with E-state index in [0.717, 1.165) is 33.9 Å². The molecule has 0 atom stereocenters. The monoisotopic (exact) mass is 507 g/mol. The minimum atomic E-state index is -0.347. The summed E-state index contributed by atoms with van der Waals surface area (Å²) in [6, 6.07) is 1.74. The van der Waals surface area contributed by atoms with Gasteiger partial charge in [-0.3, -0.25) is 0 Å². The van der Waals surface area contributed by atoms with Crippen LogP contribution in [0, 0.1) is 5.82 Å². The molecule has 27 heavy (non-hydrogen) atoms. The summed E-state index contributed by atoms with van der Waals surface area (Å²) in [5.74, 6) is 0.556. The van der Waals surface area contributed by atoms with Crippen molar-refractivity contribution in [3.05, 3.63) is 32.5 Å². The Morgan fingerprint density at radius 3 is 2.41 bits per heavy atom. The molecular weight excluding hydrogens is 481 g/mol. The zero-order valence-corrected chi connectivity index (χ0v) is 19.6. The first-order chi connectivity index (χ1) is 12.9. The third kappa shape index (κ3) is 8.64. The van der Waals surface area contributed by atoms with E-state index in [0.29, 0.717) is 30.9 Å². The van der Waals surface area contributed by atoms with Gasteiger partial charge in [-0.1, -0.05) is 19.0 Å². The predicted molar refractivity (Wildman–Crippen MR) is 116 cm³/mol. The molecule has 0 unspecified atom stereocenters. The number of unbranched alkanes of at least 4 members (excludes halogenated alkanes) is 1. The fraction of sp³-hybridized carbons (Fsp3) is 0.550. The number of benzene rings is 1. The first-order valence-electron chi connectivity index (χ1n) is 9.14. The summed E-state index contributed by atoms with van der Waals surface area (Å²) in [6.07, 6.45) is 4.69. The van der Waals surface area contributed by atoms with Crippen molar-refractivity contribution in [1.29, 1.82) is 0 Å².